The van der Waals surface area contributed by atoms with Crippen LogP contribution in [0.5, 0.6) is 0 Å². The molecular weight excluding hydrogens is 204 g/mol. The van der Waals surface area contributed by atoms with Crippen molar-refractivity contribution in [3.8, 4) is 0 Å². The molecule has 2 nitrogen and oxygen atoms in total. The molecule has 0 aromatic carbocycles. The fourth-order valence-corrected chi connectivity index (χ4v) is 1.87. The third-order valence-electron chi connectivity index (χ3n) is 1.36. The van der Waals surface area contributed by atoms with E-state index in [-0.39, 0.29) is 0 Å². The monoisotopic (exact) mass is 214 g/mol. The van der Waals surface area contributed by atoms with Crippen LogP contribution in [0.4, 0.5) is 0 Å². The van der Waals surface area contributed by atoms with E-state index >= 15 is 0 Å². The minimum atomic E-state index is 0.812. The van der Waals surface area contributed by atoms with Crippen molar-refractivity contribution in [1.29, 1.82) is 0 Å². The number of nitrogens with zero attached hydrogens (tertiary/aromatic N) is 2. The number of hydrogen-bond donors (Lipinski definition) is 0. The molecule has 0 bridgehead atoms. The summed E-state index contributed by atoms with van der Waals surface area (Å²) in [6, 6.07) is 1.96. The summed E-state index contributed by atoms with van der Waals surface area (Å²) in [5.41, 5.74) is 3.52. The molecule has 1 aromatic rings. The number of aromatic nitrogens is 2. The molecule has 0 saturated carbocycles. The quantitative estimate of drug-likeness (QED) is 0.572. The predicted octanol–water partition coefficient (Wildman–Crippen LogP) is 2.94. The summed E-state index contributed by atoms with van der Waals surface area (Å²) in [4.78, 5) is 8.56. The normalized spacial score (nSPS) is 11.0. The summed E-state index contributed by atoms with van der Waals surface area (Å²) in [6.45, 7) is 3.94. The molecule has 0 saturated heterocycles. The maximum absolute atomic E-state index is 5.40. The number of hydrogen-bond acceptors (Lipinski definition) is 3. The fourth-order valence-electron chi connectivity index (χ4n) is 0.917. The summed E-state index contributed by atoms with van der Waals surface area (Å²) >= 11 is 6.98. The van der Waals surface area contributed by atoms with Gasteiger partial charge in [-0.25, -0.2) is 9.97 Å². The van der Waals surface area contributed by atoms with E-state index < -0.39 is 0 Å². The molecule has 4 heteroatoms. The lowest BCUT2D eigenvalue weighted by Gasteiger charge is -1.99. The second-order valence-electron chi connectivity index (χ2n) is 2.61. The molecule has 0 fully saturated rings. The lowest BCUT2D eigenvalue weighted by atomic mass is 10.4. The minimum Gasteiger partial charge on any atom is -0.228 e. The average Bonchev–Trinajstić information content (AvgIpc) is 2.03. The van der Waals surface area contributed by atoms with Crippen molar-refractivity contribution in [2.24, 2.45) is 0 Å². The third kappa shape index (κ3) is 3.79. The lowest BCUT2D eigenvalue weighted by molar-refractivity contribution is 0.903. The Bertz CT molecular complexity index is 292. The summed E-state index contributed by atoms with van der Waals surface area (Å²) < 4.78 is 0. The van der Waals surface area contributed by atoms with Crippen LogP contribution in [0.3, 0.4) is 0 Å². The minimum absolute atomic E-state index is 0.812. The molecule has 0 aliphatic carbocycles. The van der Waals surface area contributed by atoms with Crippen LogP contribution >= 0.6 is 23.4 Å². The Kier molecular flexibility index (Phi) is 4.25. The van der Waals surface area contributed by atoms with E-state index in [1.54, 1.807) is 11.8 Å². The fraction of sp³-hybridized carbons (Fsp3) is 0.333. The number of halogens is 1. The summed E-state index contributed by atoms with van der Waals surface area (Å²) in [5.74, 6) is 0.812. The molecule has 0 amide bonds. The Hall–Kier alpha value is -0.540. The van der Waals surface area contributed by atoms with Gasteiger partial charge in [0.2, 0.25) is 0 Å². The van der Waals surface area contributed by atoms with Gasteiger partial charge in [-0.1, -0.05) is 29.4 Å². The Morgan fingerprint density at radius 3 is 2.54 bits per heavy atom. The van der Waals surface area contributed by atoms with Crippen LogP contribution < -0.4 is 0 Å². The van der Waals surface area contributed by atoms with Gasteiger partial charge in [-0.3, -0.25) is 0 Å². The van der Waals surface area contributed by atoms with Gasteiger partial charge in [0.05, 0.1) is 0 Å². The molecule has 0 unspecified atom stereocenters. The maximum Gasteiger partial charge on any atom is 0.188 e. The van der Waals surface area contributed by atoms with Crippen LogP contribution in [0.2, 0.25) is 0 Å². The maximum atomic E-state index is 5.40. The second-order valence-corrected chi connectivity index (χ2v) is 3.85. The van der Waals surface area contributed by atoms with Gasteiger partial charge in [0.25, 0.3) is 0 Å². The van der Waals surface area contributed by atoms with Gasteiger partial charge in [0.15, 0.2) is 5.16 Å². The summed E-state index contributed by atoms with van der Waals surface area (Å²) in [7, 11) is 0. The first kappa shape index (κ1) is 10.5. The predicted molar refractivity (Wildman–Crippen MR) is 57.2 cm³/mol. The van der Waals surface area contributed by atoms with E-state index in [1.165, 1.54) is 5.54 Å². The van der Waals surface area contributed by atoms with Crippen LogP contribution in [0.15, 0.2) is 22.8 Å². The highest BCUT2D eigenvalue weighted by atomic mass is 35.5. The molecule has 0 aliphatic heterocycles. The van der Waals surface area contributed by atoms with Gasteiger partial charge >= 0.3 is 0 Å². The SMILES string of the molecule is Cc1cc(C)nc(SCC=CCl)n1. The molecule has 0 atom stereocenters. The van der Waals surface area contributed by atoms with Crippen LogP contribution in [-0.2, 0) is 0 Å². The molecule has 13 heavy (non-hydrogen) atoms. The Labute approximate surface area is 87.4 Å². The highest BCUT2D eigenvalue weighted by Crippen LogP contribution is 2.13. The third-order valence-corrected chi connectivity index (χ3v) is 2.34. The molecule has 1 rings (SSSR count). The zero-order valence-corrected chi connectivity index (χ0v) is 9.19. The molecular formula is C9H11ClN2S. The van der Waals surface area contributed by atoms with E-state index in [4.69, 9.17) is 11.6 Å². The standard InChI is InChI=1S/C9H11ClN2S/c1-7-6-8(2)12-9(11-7)13-5-3-4-10/h3-4,6H,5H2,1-2H3. The molecule has 0 spiro atoms. The van der Waals surface area contributed by atoms with E-state index in [1.807, 2.05) is 26.0 Å². The Morgan fingerprint density at radius 2 is 2.00 bits per heavy atom. The zero-order valence-electron chi connectivity index (χ0n) is 7.62. The van der Waals surface area contributed by atoms with E-state index in [2.05, 4.69) is 9.97 Å². The van der Waals surface area contributed by atoms with E-state index in [0.717, 1.165) is 22.3 Å². The Morgan fingerprint density at radius 1 is 1.38 bits per heavy atom. The molecule has 0 N–H and O–H groups in total. The Balaban J connectivity index is 2.66. The molecule has 70 valence electrons. The second kappa shape index (κ2) is 5.25. The van der Waals surface area contributed by atoms with Gasteiger partial charge in [0.1, 0.15) is 0 Å². The smallest absolute Gasteiger partial charge is 0.188 e. The molecule has 1 aromatic heterocycles. The van der Waals surface area contributed by atoms with Gasteiger partial charge in [-0.15, -0.1) is 0 Å². The molecule has 1 heterocycles. The van der Waals surface area contributed by atoms with Gasteiger partial charge in [-0.05, 0) is 19.9 Å². The lowest BCUT2D eigenvalue weighted by Crippen LogP contribution is -1.92. The largest absolute Gasteiger partial charge is 0.228 e. The van der Waals surface area contributed by atoms with Crippen molar-refractivity contribution >= 4 is 23.4 Å². The van der Waals surface area contributed by atoms with Crippen LogP contribution in [-0.4, -0.2) is 15.7 Å². The highest BCUT2D eigenvalue weighted by Gasteiger charge is 1.98. The topological polar surface area (TPSA) is 25.8 Å². The number of rotatable bonds is 3. The first-order valence-electron chi connectivity index (χ1n) is 3.92. The molecule has 0 aliphatic rings. The molecule has 0 radical (unpaired) electrons. The van der Waals surface area contributed by atoms with Crippen molar-refractivity contribution in [2.45, 2.75) is 19.0 Å². The van der Waals surface area contributed by atoms with Crippen molar-refractivity contribution < 1.29 is 0 Å². The van der Waals surface area contributed by atoms with Gasteiger partial charge in [0, 0.05) is 22.7 Å². The first-order valence-corrected chi connectivity index (χ1v) is 5.35. The summed E-state index contributed by atoms with van der Waals surface area (Å²) in [5, 5.41) is 0.812. The highest BCUT2D eigenvalue weighted by molar-refractivity contribution is 7.99. The van der Waals surface area contributed by atoms with Crippen molar-refractivity contribution in [3.05, 3.63) is 29.1 Å². The van der Waals surface area contributed by atoms with Crippen LogP contribution in [0.25, 0.3) is 0 Å². The van der Waals surface area contributed by atoms with Crippen LogP contribution in [0, 0.1) is 13.8 Å². The first-order chi connectivity index (χ1) is 6.22. The van der Waals surface area contributed by atoms with E-state index in [9.17, 15) is 0 Å². The zero-order chi connectivity index (χ0) is 9.68. The van der Waals surface area contributed by atoms with Gasteiger partial charge < -0.3 is 0 Å². The van der Waals surface area contributed by atoms with Crippen molar-refractivity contribution in [1.82, 2.24) is 9.97 Å². The average molecular weight is 215 g/mol. The number of aryl methyl sites for hydroxylation is 2. The van der Waals surface area contributed by atoms with E-state index in [0.29, 0.717) is 0 Å². The summed E-state index contributed by atoms with van der Waals surface area (Å²) in [6.07, 6.45) is 1.87. The van der Waals surface area contributed by atoms with Crippen molar-refractivity contribution in [3.63, 3.8) is 0 Å². The van der Waals surface area contributed by atoms with Crippen LogP contribution in [0.1, 0.15) is 11.4 Å². The van der Waals surface area contributed by atoms with Crippen molar-refractivity contribution in [2.75, 3.05) is 5.75 Å². The number of thioether (sulfide) groups is 1. The van der Waals surface area contributed by atoms with Gasteiger partial charge in [-0.2, -0.15) is 0 Å².